The van der Waals surface area contributed by atoms with E-state index in [4.69, 9.17) is 5.84 Å². The van der Waals surface area contributed by atoms with E-state index in [1.807, 2.05) is 6.92 Å². The molecule has 100 valence electrons. The smallest absolute Gasteiger partial charge is 0.148 e. The van der Waals surface area contributed by atoms with E-state index in [0.717, 1.165) is 11.3 Å². The molecular formula is C12H13BrFN5. The molecule has 0 aliphatic rings. The van der Waals surface area contributed by atoms with Gasteiger partial charge in [-0.25, -0.2) is 20.2 Å². The third-order valence-electron chi connectivity index (χ3n) is 2.62. The van der Waals surface area contributed by atoms with Crippen LogP contribution >= 0.6 is 15.9 Å². The predicted molar refractivity (Wildman–Crippen MR) is 76.6 cm³/mol. The molecule has 4 N–H and O–H groups in total. The van der Waals surface area contributed by atoms with Crippen molar-refractivity contribution in [3.8, 4) is 0 Å². The number of aromatic nitrogens is 2. The molecule has 0 unspecified atom stereocenters. The molecule has 0 aliphatic carbocycles. The van der Waals surface area contributed by atoms with Crippen LogP contribution in [0.5, 0.6) is 0 Å². The van der Waals surface area contributed by atoms with Gasteiger partial charge in [0, 0.05) is 10.0 Å². The van der Waals surface area contributed by atoms with Crippen LogP contribution in [0.4, 0.5) is 21.7 Å². The zero-order chi connectivity index (χ0) is 13.8. The largest absolute Gasteiger partial charge is 0.339 e. The second-order valence-electron chi connectivity index (χ2n) is 3.80. The molecule has 0 aliphatic heterocycles. The Kier molecular flexibility index (Phi) is 4.28. The summed E-state index contributed by atoms with van der Waals surface area (Å²) in [6.45, 7) is 1.98. The quantitative estimate of drug-likeness (QED) is 0.595. The molecule has 0 fully saturated rings. The minimum absolute atomic E-state index is 0.305. The van der Waals surface area contributed by atoms with Gasteiger partial charge in [0.2, 0.25) is 0 Å². The maximum atomic E-state index is 13.0. The Bertz CT molecular complexity index is 590. The first kappa shape index (κ1) is 13.7. The number of halogens is 2. The number of hydrogen-bond acceptors (Lipinski definition) is 5. The molecule has 0 saturated heterocycles. The predicted octanol–water partition coefficient (Wildman–Crippen LogP) is 2.97. The SMILES string of the molecule is CCc1c(NN)ncnc1Nc1ccc(F)cc1Br. The number of hydrogen-bond donors (Lipinski definition) is 3. The van der Waals surface area contributed by atoms with Crippen molar-refractivity contribution >= 4 is 33.3 Å². The summed E-state index contributed by atoms with van der Waals surface area (Å²) in [5, 5.41) is 3.13. The lowest BCUT2D eigenvalue weighted by molar-refractivity contribution is 0.627. The first-order chi connectivity index (χ1) is 9.15. The Hall–Kier alpha value is -1.73. The van der Waals surface area contributed by atoms with Crippen LogP contribution in [-0.4, -0.2) is 9.97 Å². The lowest BCUT2D eigenvalue weighted by atomic mass is 10.2. The fraction of sp³-hybridized carbons (Fsp3) is 0.167. The van der Waals surface area contributed by atoms with Crippen molar-refractivity contribution in [2.24, 2.45) is 5.84 Å². The molecule has 7 heteroatoms. The molecule has 0 atom stereocenters. The number of benzene rings is 1. The fourth-order valence-electron chi connectivity index (χ4n) is 1.70. The molecule has 5 nitrogen and oxygen atoms in total. The van der Waals surface area contributed by atoms with Crippen LogP contribution in [0, 0.1) is 5.82 Å². The van der Waals surface area contributed by atoms with Crippen LogP contribution in [0.2, 0.25) is 0 Å². The van der Waals surface area contributed by atoms with Crippen LogP contribution in [0.25, 0.3) is 0 Å². The Morgan fingerprint density at radius 2 is 2.05 bits per heavy atom. The monoisotopic (exact) mass is 325 g/mol. The molecular weight excluding hydrogens is 313 g/mol. The minimum atomic E-state index is -0.305. The van der Waals surface area contributed by atoms with Crippen LogP contribution < -0.4 is 16.6 Å². The Morgan fingerprint density at radius 1 is 1.32 bits per heavy atom. The molecule has 0 radical (unpaired) electrons. The third kappa shape index (κ3) is 2.99. The van der Waals surface area contributed by atoms with E-state index in [1.165, 1.54) is 18.5 Å². The van der Waals surface area contributed by atoms with Crippen LogP contribution in [0.1, 0.15) is 12.5 Å². The Morgan fingerprint density at radius 3 is 2.68 bits per heavy atom. The highest BCUT2D eigenvalue weighted by Gasteiger charge is 2.10. The molecule has 1 aromatic carbocycles. The first-order valence-electron chi connectivity index (χ1n) is 5.68. The van der Waals surface area contributed by atoms with Crippen molar-refractivity contribution in [2.75, 3.05) is 10.7 Å². The molecule has 0 bridgehead atoms. The summed E-state index contributed by atoms with van der Waals surface area (Å²) in [5.74, 6) is 6.31. The van der Waals surface area contributed by atoms with Gasteiger partial charge in [-0.05, 0) is 40.5 Å². The van der Waals surface area contributed by atoms with Gasteiger partial charge in [0.15, 0.2) is 0 Å². The van der Waals surface area contributed by atoms with E-state index >= 15 is 0 Å². The number of hydrazine groups is 1. The molecule has 19 heavy (non-hydrogen) atoms. The third-order valence-corrected chi connectivity index (χ3v) is 3.28. The van der Waals surface area contributed by atoms with Crippen molar-refractivity contribution in [3.05, 3.63) is 40.4 Å². The number of rotatable bonds is 4. The summed E-state index contributed by atoms with van der Waals surface area (Å²) in [6.07, 6.45) is 2.12. The van der Waals surface area contributed by atoms with Crippen molar-refractivity contribution in [3.63, 3.8) is 0 Å². The number of nitrogens with one attached hydrogen (secondary N) is 2. The maximum absolute atomic E-state index is 13.0. The zero-order valence-electron chi connectivity index (χ0n) is 10.2. The molecule has 2 aromatic rings. The van der Waals surface area contributed by atoms with E-state index in [9.17, 15) is 4.39 Å². The standard InChI is InChI=1S/C12H13BrFN5/c1-2-8-11(16-6-17-12(8)19-15)18-10-4-3-7(14)5-9(10)13/h3-6H,2,15H2,1H3,(H2,16,17,18,19). The highest BCUT2D eigenvalue weighted by atomic mass is 79.9. The molecule has 0 saturated carbocycles. The average Bonchev–Trinajstić information content (AvgIpc) is 2.41. The van der Waals surface area contributed by atoms with Gasteiger partial charge in [-0.1, -0.05) is 6.92 Å². The summed E-state index contributed by atoms with van der Waals surface area (Å²) in [6, 6.07) is 4.40. The highest BCUT2D eigenvalue weighted by Crippen LogP contribution is 2.28. The number of nitrogens with zero attached hydrogens (tertiary/aromatic N) is 2. The normalized spacial score (nSPS) is 10.3. The average molecular weight is 326 g/mol. The van der Waals surface area contributed by atoms with Crippen LogP contribution in [0.3, 0.4) is 0 Å². The summed E-state index contributed by atoms with van der Waals surface area (Å²) in [5.41, 5.74) is 4.12. The molecule has 1 aromatic heterocycles. The van der Waals surface area contributed by atoms with Gasteiger partial charge in [0.25, 0.3) is 0 Å². The topological polar surface area (TPSA) is 75.9 Å². The highest BCUT2D eigenvalue weighted by molar-refractivity contribution is 9.10. The summed E-state index contributed by atoms with van der Waals surface area (Å²) < 4.78 is 13.7. The van der Waals surface area contributed by atoms with Crippen molar-refractivity contribution in [1.82, 2.24) is 9.97 Å². The second kappa shape index (κ2) is 5.94. The van der Waals surface area contributed by atoms with E-state index in [0.29, 0.717) is 22.5 Å². The lowest BCUT2D eigenvalue weighted by Gasteiger charge is -2.13. The van der Waals surface area contributed by atoms with Gasteiger partial charge in [0.05, 0.1) is 5.69 Å². The molecule has 2 rings (SSSR count). The maximum Gasteiger partial charge on any atom is 0.148 e. The van der Waals surface area contributed by atoms with Crippen LogP contribution in [-0.2, 0) is 6.42 Å². The second-order valence-corrected chi connectivity index (χ2v) is 4.65. The van der Waals surface area contributed by atoms with Crippen molar-refractivity contribution in [2.45, 2.75) is 13.3 Å². The number of nitrogens with two attached hydrogens (primary N) is 1. The van der Waals surface area contributed by atoms with Crippen molar-refractivity contribution in [1.29, 1.82) is 0 Å². The van der Waals surface area contributed by atoms with Gasteiger partial charge in [-0.2, -0.15) is 0 Å². The Balaban J connectivity index is 2.37. The van der Waals surface area contributed by atoms with Crippen molar-refractivity contribution < 1.29 is 4.39 Å². The molecule has 1 heterocycles. The summed E-state index contributed by atoms with van der Waals surface area (Å²) >= 11 is 3.30. The van der Waals surface area contributed by atoms with Crippen LogP contribution in [0.15, 0.2) is 29.0 Å². The summed E-state index contributed by atoms with van der Waals surface area (Å²) in [7, 11) is 0. The van der Waals surface area contributed by atoms with Gasteiger partial charge >= 0.3 is 0 Å². The zero-order valence-corrected chi connectivity index (χ0v) is 11.8. The Labute approximate surface area is 118 Å². The molecule has 0 spiro atoms. The first-order valence-corrected chi connectivity index (χ1v) is 6.47. The van der Waals surface area contributed by atoms with Gasteiger partial charge < -0.3 is 10.7 Å². The minimum Gasteiger partial charge on any atom is -0.339 e. The van der Waals surface area contributed by atoms with E-state index in [2.05, 4.69) is 36.6 Å². The van der Waals surface area contributed by atoms with Gasteiger partial charge in [0.1, 0.15) is 23.8 Å². The molecule has 0 amide bonds. The van der Waals surface area contributed by atoms with E-state index in [-0.39, 0.29) is 5.82 Å². The lowest BCUT2D eigenvalue weighted by Crippen LogP contribution is -2.13. The fourth-order valence-corrected chi connectivity index (χ4v) is 2.15. The number of anilines is 3. The summed E-state index contributed by atoms with van der Waals surface area (Å²) in [4.78, 5) is 8.23. The van der Waals surface area contributed by atoms with Gasteiger partial charge in [-0.3, -0.25) is 0 Å². The van der Waals surface area contributed by atoms with Gasteiger partial charge in [-0.15, -0.1) is 0 Å². The van der Waals surface area contributed by atoms with E-state index < -0.39 is 0 Å². The van der Waals surface area contributed by atoms with E-state index in [1.54, 1.807) is 6.07 Å². The number of nitrogen functional groups attached to an aromatic ring is 1.